The number of hydrogen-bond acceptors (Lipinski definition) is 6. The van der Waals surface area contributed by atoms with Gasteiger partial charge in [-0.05, 0) is 67.3 Å². The summed E-state index contributed by atoms with van der Waals surface area (Å²) in [4.78, 5) is 51.8. The van der Waals surface area contributed by atoms with Crippen LogP contribution in [0.3, 0.4) is 0 Å². The van der Waals surface area contributed by atoms with Crippen LogP contribution < -0.4 is 20.7 Å². The van der Waals surface area contributed by atoms with E-state index in [0.717, 1.165) is 11.1 Å². The molecule has 10 heteroatoms. The topological polar surface area (TPSA) is 126 Å². The van der Waals surface area contributed by atoms with Crippen LogP contribution in [0.5, 0.6) is 5.75 Å². The lowest BCUT2D eigenvalue weighted by Gasteiger charge is -2.27. The van der Waals surface area contributed by atoms with Gasteiger partial charge in [-0.25, -0.2) is 4.79 Å². The number of rotatable bonds is 9. The van der Waals surface area contributed by atoms with Gasteiger partial charge >= 0.3 is 12.0 Å². The Morgan fingerprint density at radius 3 is 2.31 bits per heavy atom. The lowest BCUT2D eigenvalue weighted by Crippen LogP contribution is -2.32. The summed E-state index contributed by atoms with van der Waals surface area (Å²) in [5, 5.41) is 8.48. The van der Waals surface area contributed by atoms with Crippen LogP contribution in [0, 0.1) is 12.8 Å². The maximum Gasteiger partial charge on any atom is 0.323 e. The molecule has 1 saturated heterocycles. The van der Waals surface area contributed by atoms with Crippen LogP contribution in [0.15, 0.2) is 66.7 Å². The summed E-state index contributed by atoms with van der Waals surface area (Å²) in [5.74, 6) is -0.666. The summed E-state index contributed by atoms with van der Waals surface area (Å²) in [5.41, 5.74) is 4.20. The lowest BCUT2D eigenvalue weighted by molar-refractivity contribution is -0.149. The number of carbonyl (C=O) groups is 4. The van der Waals surface area contributed by atoms with Crippen molar-refractivity contribution in [2.24, 2.45) is 5.92 Å². The fourth-order valence-electron chi connectivity index (χ4n) is 5.15. The van der Waals surface area contributed by atoms with E-state index in [4.69, 9.17) is 9.47 Å². The van der Waals surface area contributed by atoms with Gasteiger partial charge in [0.05, 0.1) is 37.8 Å². The Bertz CT molecular complexity index is 1460. The van der Waals surface area contributed by atoms with Gasteiger partial charge in [-0.1, -0.05) is 36.4 Å². The van der Waals surface area contributed by atoms with Gasteiger partial charge in [-0.15, -0.1) is 0 Å². The Morgan fingerprint density at radius 2 is 1.64 bits per heavy atom. The number of hydrogen-bond donors (Lipinski definition) is 3. The van der Waals surface area contributed by atoms with Crippen molar-refractivity contribution in [3.63, 3.8) is 0 Å². The number of anilines is 3. The molecule has 10 nitrogen and oxygen atoms in total. The van der Waals surface area contributed by atoms with Gasteiger partial charge in [0.25, 0.3) is 0 Å². The molecule has 1 heterocycles. The molecule has 4 rings (SSSR count). The number of nitrogens with one attached hydrogen (secondary N) is 3. The van der Waals surface area contributed by atoms with Gasteiger partial charge in [-0.2, -0.15) is 0 Å². The molecule has 0 radical (unpaired) electrons. The Labute approximate surface area is 245 Å². The summed E-state index contributed by atoms with van der Waals surface area (Å²) in [6.45, 7) is 5.92. The van der Waals surface area contributed by atoms with Crippen molar-refractivity contribution >= 4 is 40.9 Å². The minimum absolute atomic E-state index is 0.0828. The molecule has 3 aromatic rings. The number of esters is 1. The standard InChI is InChI=1S/C32H36N4O6/c1-5-42-31(39)25-16-17-36(21(3)37)30(25)23-11-13-24(14-12-23)33-29(38)19-22-10-15-27(28(18-22)41-4)35-32(40)34-26-9-7-6-8-20(26)2/h6-15,18,25,30H,5,16-17,19H2,1-4H3,(H,33,38)(H2,34,35,40). The molecular weight excluding hydrogens is 536 g/mol. The molecule has 3 aromatic carbocycles. The van der Waals surface area contributed by atoms with Gasteiger partial charge in [0.1, 0.15) is 5.75 Å². The minimum Gasteiger partial charge on any atom is -0.495 e. The average Bonchev–Trinajstić information content (AvgIpc) is 3.41. The zero-order valence-corrected chi connectivity index (χ0v) is 24.2. The second-order valence-electron chi connectivity index (χ2n) is 10.1. The van der Waals surface area contributed by atoms with Crippen LogP contribution in [0.2, 0.25) is 0 Å². The number of carbonyl (C=O) groups excluding carboxylic acids is 4. The third kappa shape index (κ3) is 7.25. The highest BCUT2D eigenvalue weighted by atomic mass is 16.5. The van der Waals surface area contributed by atoms with Gasteiger partial charge in [0.2, 0.25) is 11.8 Å². The molecule has 1 aliphatic rings. The average molecular weight is 573 g/mol. The summed E-state index contributed by atoms with van der Waals surface area (Å²) in [6, 6.07) is 18.9. The first-order valence-electron chi connectivity index (χ1n) is 13.8. The van der Waals surface area contributed by atoms with E-state index in [1.165, 1.54) is 14.0 Å². The third-order valence-corrected chi connectivity index (χ3v) is 7.20. The summed E-state index contributed by atoms with van der Waals surface area (Å²) in [6.07, 6.45) is 0.621. The number of nitrogens with zero attached hydrogens (tertiary/aromatic N) is 1. The molecule has 4 amide bonds. The van der Waals surface area contributed by atoms with E-state index in [0.29, 0.717) is 41.3 Å². The first-order valence-corrected chi connectivity index (χ1v) is 13.8. The molecule has 0 spiro atoms. The van der Waals surface area contributed by atoms with Gasteiger partial charge < -0.3 is 30.3 Å². The highest BCUT2D eigenvalue weighted by molar-refractivity contribution is 6.01. The second kappa shape index (κ2) is 13.7. The first kappa shape index (κ1) is 30.1. The molecule has 1 aliphatic heterocycles. The highest BCUT2D eigenvalue weighted by Crippen LogP contribution is 2.38. The smallest absolute Gasteiger partial charge is 0.323 e. The Kier molecular flexibility index (Phi) is 9.80. The zero-order chi connectivity index (χ0) is 30.2. The van der Waals surface area contributed by atoms with E-state index in [2.05, 4.69) is 16.0 Å². The van der Waals surface area contributed by atoms with E-state index in [1.54, 1.807) is 42.2 Å². The number of methoxy groups -OCH3 is 1. The Balaban J connectivity index is 1.38. The van der Waals surface area contributed by atoms with Crippen molar-refractivity contribution in [1.29, 1.82) is 0 Å². The molecule has 2 atom stereocenters. The fourth-order valence-corrected chi connectivity index (χ4v) is 5.15. The molecule has 3 N–H and O–H groups in total. The zero-order valence-electron chi connectivity index (χ0n) is 24.2. The number of likely N-dealkylation sites (tertiary alicyclic amines) is 1. The van der Waals surface area contributed by atoms with E-state index in [1.807, 2.05) is 43.3 Å². The molecule has 2 unspecified atom stereocenters. The Morgan fingerprint density at radius 1 is 0.929 bits per heavy atom. The van der Waals surface area contributed by atoms with Crippen molar-refractivity contribution < 1.29 is 28.7 Å². The maximum atomic E-state index is 12.8. The Hall–Kier alpha value is -4.86. The largest absolute Gasteiger partial charge is 0.495 e. The van der Waals surface area contributed by atoms with Crippen LogP contribution in [0.25, 0.3) is 0 Å². The molecule has 1 fully saturated rings. The summed E-state index contributed by atoms with van der Waals surface area (Å²) in [7, 11) is 1.50. The van der Waals surface area contributed by atoms with Gasteiger partial charge in [0, 0.05) is 24.8 Å². The number of urea groups is 1. The van der Waals surface area contributed by atoms with Crippen molar-refractivity contribution in [3.05, 3.63) is 83.4 Å². The van der Waals surface area contributed by atoms with E-state index in [9.17, 15) is 19.2 Å². The maximum absolute atomic E-state index is 12.8. The molecule has 0 bridgehead atoms. The third-order valence-electron chi connectivity index (χ3n) is 7.20. The van der Waals surface area contributed by atoms with Gasteiger partial charge in [-0.3, -0.25) is 14.4 Å². The molecule has 0 aromatic heterocycles. The molecule has 220 valence electrons. The lowest BCUT2D eigenvalue weighted by atomic mass is 9.93. The monoisotopic (exact) mass is 572 g/mol. The molecule has 42 heavy (non-hydrogen) atoms. The van der Waals surface area contributed by atoms with Crippen molar-refractivity contribution in [2.45, 2.75) is 39.7 Å². The summed E-state index contributed by atoms with van der Waals surface area (Å²) >= 11 is 0. The number of amides is 4. The van der Waals surface area contributed by atoms with Crippen LogP contribution in [-0.2, 0) is 25.5 Å². The van der Waals surface area contributed by atoms with E-state index in [-0.39, 0.29) is 30.8 Å². The van der Waals surface area contributed by atoms with Crippen LogP contribution >= 0.6 is 0 Å². The van der Waals surface area contributed by atoms with Gasteiger partial charge in [0.15, 0.2) is 0 Å². The van der Waals surface area contributed by atoms with E-state index >= 15 is 0 Å². The van der Waals surface area contributed by atoms with E-state index < -0.39 is 18.0 Å². The number of ether oxygens (including phenoxy) is 2. The van der Waals surface area contributed by atoms with Crippen LogP contribution in [0.4, 0.5) is 21.9 Å². The number of benzene rings is 3. The van der Waals surface area contributed by atoms with Crippen molar-refractivity contribution in [1.82, 2.24) is 4.90 Å². The van der Waals surface area contributed by atoms with Crippen LogP contribution in [0.1, 0.15) is 43.0 Å². The van der Waals surface area contributed by atoms with Crippen molar-refractivity contribution in [3.8, 4) is 5.75 Å². The predicted molar refractivity (Wildman–Crippen MR) is 160 cm³/mol. The second-order valence-corrected chi connectivity index (χ2v) is 10.1. The SMILES string of the molecule is CCOC(=O)C1CCN(C(C)=O)C1c1ccc(NC(=O)Cc2ccc(NC(=O)Nc3ccccc3C)c(OC)c2)cc1. The predicted octanol–water partition coefficient (Wildman–Crippen LogP) is 5.30. The highest BCUT2D eigenvalue weighted by Gasteiger charge is 2.41. The molecule has 0 saturated carbocycles. The number of para-hydroxylation sites is 1. The molecular formula is C32H36N4O6. The summed E-state index contributed by atoms with van der Waals surface area (Å²) < 4.78 is 10.7. The van der Waals surface area contributed by atoms with Crippen molar-refractivity contribution in [2.75, 3.05) is 36.2 Å². The fraction of sp³-hybridized carbons (Fsp3) is 0.312. The normalized spacial score (nSPS) is 16.0. The van der Waals surface area contributed by atoms with Crippen LogP contribution in [-0.4, -0.2) is 49.0 Å². The first-order chi connectivity index (χ1) is 20.2. The number of aryl methyl sites for hydroxylation is 1. The molecule has 0 aliphatic carbocycles. The quantitative estimate of drug-likeness (QED) is 0.299. The minimum atomic E-state index is -0.435.